The molecule has 0 aromatic carbocycles. The number of ether oxygens (including phenoxy) is 1. The summed E-state index contributed by atoms with van der Waals surface area (Å²) in [4.78, 5) is 25.7. The highest BCUT2D eigenvalue weighted by atomic mass is 16.5. The summed E-state index contributed by atoms with van der Waals surface area (Å²) in [5.41, 5.74) is 0. The number of amides is 2. The Kier molecular flexibility index (Phi) is 9.01. The van der Waals surface area contributed by atoms with Gasteiger partial charge in [-0.3, -0.25) is 9.59 Å². The van der Waals surface area contributed by atoms with E-state index in [4.69, 9.17) is 4.74 Å². The van der Waals surface area contributed by atoms with Crippen molar-refractivity contribution in [3.8, 4) is 0 Å². The monoisotopic (exact) mass is 299 g/mol. The molecule has 0 aliphatic carbocycles. The standard InChI is InChI=1S/C15H29N3O3/c1-13(15(20)18-10-5-3-4-6-11-18)16-8-7-14(19)17-9-12-21-2/h13,16H,3-12H2,1-2H3,(H,17,19). The summed E-state index contributed by atoms with van der Waals surface area (Å²) in [7, 11) is 1.60. The van der Waals surface area contributed by atoms with Gasteiger partial charge in [0.1, 0.15) is 0 Å². The maximum atomic E-state index is 12.3. The van der Waals surface area contributed by atoms with Gasteiger partial charge in [0, 0.05) is 39.7 Å². The predicted octanol–water partition coefficient (Wildman–Crippen LogP) is 0.520. The number of carbonyl (C=O) groups is 2. The second-order valence-electron chi connectivity index (χ2n) is 5.51. The molecule has 122 valence electrons. The zero-order chi connectivity index (χ0) is 15.5. The Morgan fingerprint density at radius 3 is 2.43 bits per heavy atom. The molecule has 0 spiro atoms. The van der Waals surface area contributed by atoms with Gasteiger partial charge < -0.3 is 20.3 Å². The smallest absolute Gasteiger partial charge is 0.239 e. The highest BCUT2D eigenvalue weighted by Crippen LogP contribution is 2.10. The van der Waals surface area contributed by atoms with Gasteiger partial charge in [-0.15, -0.1) is 0 Å². The summed E-state index contributed by atoms with van der Waals surface area (Å²) in [5, 5.41) is 5.90. The molecule has 6 nitrogen and oxygen atoms in total. The Balaban J connectivity index is 2.18. The maximum Gasteiger partial charge on any atom is 0.239 e. The lowest BCUT2D eigenvalue weighted by Crippen LogP contribution is -2.46. The van der Waals surface area contributed by atoms with Gasteiger partial charge in [-0.25, -0.2) is 0 Å². The average molecular weight is 299 g/mol. The molecule has 0 saturated carbocycles. The van der Waals surface area contributed by atoms with Crippen LogP contribution in [0.5, 0.6) is 0 Å². The molecule has 1 heterocycles. The highest BCUT2D eigenvalue weighted by molar-refractivity contribution is 5.81. The van der Waals surface area contributed by atoms with Gasteiger partial charge in [-0.1, -0.05) is 12.8 Å². The summed E-state index contributed by atoms with van der Waals surface area (Å²) >= 11 is 0. The first kappa shape index (κ1) is 17.9. The van der Waals surface area contributed by atoms with Crippen LogP contribution in [-0.2, 0) is 14.3 Å². The Hall–Kier alpha value is -1.14. The minimum atomic E-state index is -0.227. The summed E-state index contributed by atoms with van der Waals surface area (Å²) in [6.45, 7) is 5.15. The normalized spacial score (nSPS) is 17.1. The Labute approximate surface area is 127 Å². The second kappa shape index (κ2) is 10.6. The zero-order valence-corrected chi connectivity index (χ0v) is 13.3. The summed E-state index contributed by atoms with van der Waals surface area (Å²) in [5.74, 6) is 0.130. The topological polar surface area (TPSA) is 70.7 Å². The van der Waals surface area contributed by atoms with E-state index in [9.17, 15) is 9.59 Å². The van der Waals surface area contributed by atoms with E-state index in [0.717, 1.165) is 25.9 Å². The van der Waals surface area contributed by atoms with Gasteiger partial charge >= 0.3 is 0 Å². The molecule has 21 heavy (non-hydrogen) atoms. The molecule has 1 saturated heterocycles. The van der Waals surface area contributed by atoms with Crippen LogP contribution in [-0.4, -0.2) is 62.7 Å². The number of methoxy groups -OCH3 is 1. The maximum absolute atomic E-state index is 12.3. The van der Waals surface area contributed by atoms with Crippen molar-refractivity contribution in [2.45, 2.75) is 45.1 Å². The summed E-state index contributed by atoms with van der Waals surface area (Å²) in [6, 6.07) is -0.227. The Morgan fingerprint density at radius 1 is 1.14 bits per heavy atom. The van der Waals surface area contributed by atoms with Crippen molar-refractivity contribution in [3.05, 3.63) is 0 Å². The van der Waals surface area contributed by atoms with Crippen LogP contribution in [0.25, 0.3) is 0 Å². The molecule has 0 radical (unpaired) electrons. The molecule has 0 bridgehead atoms. The number of nitrogens with zero attached hydrogens (tertiary/aromatic N) is 1. The van der Waals surface area contributed by atoms with Crippen LogP contribution >= 0.6 is 0 Å². The van der Waals surface area contributed by atoms with E-state index in [1.54, 1.807) is 7.11 Å². The third-order valence-corrected chi connectivity index (χ3v) is 3.72. The van der Waals surface area contributed by atoms with Crippen LogP contribution in [0.1, 0.15) is 39.0 Å². The third kappa shape index (κ3) is 7.43. The molecule has 6 heteroatoms. The lowest BCUT2D eigenvalue weighted by Gasteiger charge is -2.24. The van der Waals surface area contributed by atoms with Crippen LogP contribution in [0.3, 0.4) is 0 Å². The van der Waals surface area contributed by atoms with Crippen molar-refractivity contribution in [1.82, 2.24) is 15.5 Å². The SMILES string of the molecule is COCCNC(=O)CCNC(C)C(=O)N1CCCCCC1. The molecule has 1 aliphatic rings. The molecular weight excluding hydrogens is 270 g/mol. The summed E-state index contributed by atoms with van der Waals surface area (Å²) in [6.07, 6.45) is 5.00. The first-order valence-corrected chi connectivity index (χ1v) is 7.93. The molecule has 1 rings (SSSR count). The molecular formula is C15H29N3O3. The number of likely N-dealkylation sites (tertiary alicyclic amines) is 1. The number of nitrogens with one attached hydrogen (secondary N) is 2. The summed E-state index contributed by atoms with van der Waals surface area (Å²) < 4.78 is 4.86. The largest absolute Gasteiger partial charge is 0.383 e. The fourth-order valence-electron chi connectivity index (χ4n) is 2.44. The first-order chi connectivity index (χ1) is 10.1. The van der Waals surface area contributed by atoms with Crippen LogP contribution in [0.4, 0.5) is 0 Å². The van der Waals surface area contributed by atoms with Gasteiger partial charge in [0.15, 0.2) is 0 Å². The Morgan fingerprint density at radius 2 is 1.81 bits per heavy atom. The molecule has 0 aromatic rings. The quantitative estimate of drug-likeness (QED) is 0.641. The van der Waals surface area contributed by atoms with Crippen LogP contribution in [0.2, 0.25) is 0 Å². The molecule has 1 atom stereocenters. The molecule has 1 fully saturated rings. The first-order valence-electron chi connectivity index (χ1n) is 7.93. The second-order valence-corrected chi connectivity index (χ2v) is 5.51. The van der Waals surface area contributed by atoms with E-state index in [2.05, 4.69) is 10.6 Å². The molecule has 1 aliphatic heterocycles. The van der Waals surface area contributed by atoms with E-state index in [1.165, 1.54) is 12.8 Å². The molecule has 2 N–H and O–H groups in total. The van der Waals surface area contributed by atoms with Gasteiger partial charge in [-0.05, 0) is 19.8 Å². The zero-order valence-electron chi connectivity index (χ0n) is 13.3. The van der Waals surface area contributed by atoms with Gasteiger partial charge in [0.25, 0.3) is 0 Å². The van der Waals surface area contributed by atoms with Gasteiger partial charge in [0.05, 0.1) is 12.6 Å². The van der Waals surface area contributed by atoms with Gasteiger partial charge in [0.2, 0.25) is 11.8 Å². The third-order valence-electron chi connectivity index (χ3n) is 3.72. The number of carbonyl (C=O) groups excluding carboxylic acids is 2. The lowest BCUT2D eigenvalue weighted by atomic mass is 10.2. The fourth-order valence-corrected chi connectivity index (χ4v) is 2.44. The van der Waals surface area contributed by atoms with Crippen molar-refractivity contribution < 1.29 is 14.3 Å². The van der Waals surface area contributed by atoms with Crippen molar-refractivity contribution in [1.29, 1.82) is 0 Å². The van der Waals surface area contributed by atoms with Gasteiger partial charge in [-0.2, -0.15) is 0 Å². The van der Waals surface area contributed by atoms with E-state index in [-0.39, 0.29) is 17.9 Å². The predicted molar refractivity (Wildman–Crippen MR) is 82.0 cm³/mol. The van der Waals surface area contributed by atoms with Crippen molar-refractivity contribution in [2.24, 2.45) is 0 Å². The number of rotatable bonds is 8. The number of hydrogen-bond donors (Lipinski definition) is 2. The highest BCUT2D eigenvalue weighted by Gasteiger charge is 2.20. The van der Waals surface area contributed by atoms with Crippen LogP contribution in [0.15, 0.2) is 0 Å². The molecule has 0 aromatic heterocycles. The van der Waals surface area contributed by atoms with Crippen molar-refractivity contribution in [3.63, 3.8) is 0 Å². The fraction of sp³-hybridized carbons (Fsp3) is 0.867. The van der Waals surface area contributed by atoms with Crippen LogP contribution < -0.4 is 10.6 Å². The van der Waals surface area contributed by atoms with E-state index >= 15 is 0 Å². The van der Waals surface area contributed by atoms with E-state index < -0.39 is 0 Å². The van der Waals surface area contributed by atoms with Crippen molar-refractivity contribution >= 4 is 11.8 Å². The number of hydrogen-bond acceptors (Lipinski definition) is 4. The molecule has 1 unspecified atom stereocenters. The minimum Gasteiger partial charge on any atom is -0.383 e. The van der Waals surface area contributed by atoms with Crippen LogP contribution in [0, 0.1) is 0 Å². The van der Waals surface area contributed by atoms with Crippen molar-refractivity contribution in [2.75, 3.05) is 39.9 Å². The Bertz CT molecular complexity index is 315. The lowest BCUT2D eigenvalue weighted by molar-refractivity contribution is -0.133. The molecule has 2 amide bonds. The minimum absolute atomic E-state index is 0.0195. The van der Waals surface area contributed by atoms with E-state index in [0.29, 0.717) is 26.1 Å². The van der Waals surface area contributed by atoms with E-state index in [1.807, 2.05) is 11.8 Å². The average Bonchev–Trinajstić information content (AvgIpc) is 2.75.